The second-order valence-corrected chi connectivity index (χ2v) is 9.41. The zero-order chi connectivity index (χ0) is 23.6. The summed E-state index contributed by atoms with van der Waals surface area (Å²) < 4.78 is 50.4. The van der Waals surface area contributed by atoms with Gasteiger partial charge in [-0.3, -0.25) is 9.78 Å². The number of aliphatic hydroxyl groups excluding tert-OH is 1. The molecule has 10 heteroatoms. The van der Waals surface area contributed by atoms with E-state index in [4.69, 9.17) is 9.47 Å². The Balaban J connectivity index is 1.46. The summed E-state index contributed by atoms with van der Waals surface area (Å²) in [5.74, 6) is -0.0841. The van der Waals surface area contributed by atoms with Crippen LogP contribution >= 0.6 is 0 Å². The summed E-state index contributed by atoms with van der Waals surface area (Å²) in [6.45, 7) is 1.61. The van der Waals surface area contributed by atoms with E-state index in [1.165, 1.54) is 0 Å². The molecule has 184 valence electrons. The van der Waals surface area contributed by atoms with Gasteiger partial charge < -0.3 is 24.8 Å². The van der Waals surface area contributed by atoms with Gasteiger partial charge in [0.05, 0.1) is 23.7 Å². The average Bonchev–Trinajstić information content (AvgIpc) is 3.21. The Morgan fingerprint density at radius 1 is 1.42 bits per heavy atom. The number of nitrogens with zero attached hydrogens (tertiary/aromatic N) is 2. The molecule has 0 spiro atoms. The summed E-state index contributed by atoms with van der Waals surface area (Å²) in [6, 6.07) is 1.36. The second-order valence-electron chi connectivity index (χ2n) is 9.41. The number of aliphatic hydroxyl groups is 1. The van der Waals surface area contributed by atoms with Crippen molar-refractivity contribution >= 4 is 5.91 Å². The van der Waals surface area contributed by atoms with Crippen LogP contribution in [0.1, 0.15) is 48.9 Å². The largest absolute Gasteiger partial charge is 0.417 e. The van der Waals surface area contributed by atoms with Gasteiger partial charge >= 0.3 is 6.18 Å². The Morgan fingerprint density at radius 2 is 2.24 bits per heavy atom. The Labute approximate surface area is 191 Å². The van der Waals surface area contributed by atoms with Crippen molar-refractivity contribution in [3.63, 3.8) is 0 Å². The first-order valence-electron chi connectivity index (χ1n) is 11.6. The zero-order valence-electron chi connectivity index (χ0n) is 18.9. The van der Waals surface area contributed by atoms with Crippen molar-refractivity contribution in [2.45, 2.75) is 69.4 Å². The van der Waals surface area contributed by atoms with Crippen molar-refractivity contribution in [1.82, 2.24) is 15.2 Å². The fourth-order valence-electron chi connectivity index (χ4n) is 5.54. The second kappa shape index (κ2) is 9.85. The zero-order valence-corrected chi connectivity index (χ0v) is 18.9. The molecule has 1 amide bonds. The summed E-state index contributed by atoms with van der Waals surface area (Å²) in [5, 5.41) is 13.4. The van der Waals surface area contributed by atoms with Crippen LogP contribution in [0.5, 0.6) is 0 Å². The number of rotatable bonds is 6. The van der Waals surface area contributed by atoms with Crippen molar-refractivity contribution < 1.29 is 32.5 Å². The number of hydrogen-bond acceptors (Lipinski definition) is 6. The minimum atomic E-state index is -4.47. The molecule has 3 aliphatic rings. The lowest BCUT2D eigenvalue weighted by molar-refractivity contribution is -0.144. The predicted molar refractivity (Wildman–Crippen MR) is 113 cm³/mol. The third-order valence-corrected chi connectivity index (χ3v) is 7.36. The first kappa shape index (κ1) is 24.4. The van der Waals surface area contributed by atoms with E-state index >= 15 is 0 Å². The maximum atomic E-state index is 13.7. The normalized spacial score (nSPS) is 30.3. The van der Waals surface area contributed by atoms with Crippen LogP contribution in [0.3, 0.4) is 0 Å². The summed E-state index contributed by atoms with van der Waals surface area (Å²) in [5.41, 5.74) is -0.456. The maximum Gasteiger partial charge on any atom is 0.417 e. The van der Waals surface area contributed by atoms with Crippen molar-refractivity contribution in [2.24, 2.45) is 5.41 Å². The number of methoxy groups -OCH3 is 1. The molecular formula is C23H32F3N3O4. The number of ether oxygens (including phenoxy) is 2. The maximum absolute atomic E-state index is 13.7. The molecule has 0 radical (unpaired) electrons. The van der Waals surface area contributed by atoms with Crippen LogP contribution in [-0.4, -0.2) is 72.6 Å². The van der Waals surface area contributed by atoms with Gasteiger partial charge in [-0.1, -0.05) is 0 Å². The van der Waals surface area contributed by atoms with Crippen molar-refractivity contribution in [3.05, 3.63) is 29.1 Å². The number of hydrogen-bond donors (Lipinski definition) is 2. The predicted octanol–water partition coefficient (Wildman–Crippen LogP) is 2.30. The standard InChI is InChI=1S/C23H32F3N3O4/c1-32-20-14-33-9-4-19(20)28-17-2-5-22(11-17,6-8-30)21(31)29-7-3-18-15(13-29)10-16(12-27-18)23(24,25)26/h10,12,17,19-20,28,30H,2-9,11,13-14H2,1H3. The molecule has 4 atom stereocenters. The van der Waals surface area contributed by atoms with E-state index in [0.29, 0.717) is 56.7 Å². The molecule has 4 unspecified atom stereocenters. The van der Waals surface area contributed by atoms with Crippen LogP contribution in [0, 0.1) is 5.41 Å². The highest BCUT2D eigenvalue weighted by atomic mass is 19.4. The molecule has 1 aromatic rings. The van der Waals surface area contributed by atoms with Crippen LogP contribution in [0.2, 0.25) is 0 Å². The van der Waals surface area contributed by atoms with E-state index in [2.05, 4.69) is 10.3 Å². The topological polar surface area (TPSA) is 83.9 Å². The summed E-state index contributed by atoms with van der Waals surface area (Å²) >= 11 is 0. The van der Waals surface area contributed by atoms with E-state index in [-0.39, 0.29) is 37.2 Å². The van der Waals surface area contributed by atoms with Gasteiger partial charge in [-0.15, -0.1) is 0 Å². The minimum Gasteiger partial charge on any atom is -0.396 e. The molecule has 0 bridgehead atoms. The fraction of sp³-hybridized carbons (Fsp3) is 0.739. The number of fused-ring (bicyclic) bond motifs is 1. The number of alkyl halides is 3. The fourth-order valence-corrected chi connectivity index (χ4v) is 5.54. The molecule has 1 saturated carbocycles. The average molecular weight is 472 g/mol. The van der Waals surface area contributed by atoms with Gasteiger partial charge in [-0.25, -0.2) is 0 Å². The molecule has 2 N–H and O–H groups in total. The van der Waals surface area contributed by atoms with Gasteiger partial charge in [-0.05, 0) is 43.7 Å². The molecule has 4 rings (SSSR count). The lowest BCUT2D eigenvalue weighted by Gasteiger charge is -2.37. The van der Waals surface area contributed by atoms with Crippen molar-refractivity contribution in [2.75, 3.05) is 33.5 Å². The van der Waals surface area contributed by atoms with E-state index < -0.39 is 17.2 Å². The Kier molecular flexibility index (Phi) is 7.28. The van der Waals surface area contributed by atoms with Crippen LogP contribution in [0.15, 0.2) is 12.3 Å². The van der Waals surface area contributed by atoms with E-state index in [9.17, 15) is 23.1 Å². The van der Waals surface area contributed by atoms with E-state index in [1.54, 1.807) is 12.0 Å². The van der Waals surface area contributed by atoms with Crippen LogP contribution in [0.25, 0.3) is 0 Å². The summed E-state index contributed by atoms with van der Waals surface area (Å²) in [4.78, 5) is 19.3. The lowest BCUT2D eigenvalue weighted by Crippen LogP contribution is -2.51. The first-order chi connectivity index (χ1) is 15.8. The van der Waals surface area contributed by atoms with Crippen LogP contribution in [0.4, 0.5) is 13.2 Å². The number of amides is 1. The highest BCUT2D eigenvalue weighted by molar-refractivity contribution is 5.83. The molecule has 3 heterocycles. The summed E-state index contributed by atoms with van der Waals surface area (Å²) in [6.07, 6.45) is -0.0438. The van der Waals surface area contributed by atoms with Gasteiger partial charge in [0, 0.05) is 63.8 Å². The first-order valence-corrected chi connectivity index (χ1v) is 11.6. The molecular weight excluding hydrogens is 439 g/mol. The lowest BCUT2D eigenvalue weighted by atomic mass is 9.80. The smallest absolute Gasteiger partial charge is 0.396 e. The monoisotopic (exact) mass is 471 g/mol. The third-order valence-electron chi connectivity index (χ3n) is 7.36. The van der Waals surface area contributed by atoms with Crippen molar-refractivity contribution in [1.29, 1.82) is 0 Å². The Hall–Kier alpha value is -1.75. The molecule has 1 aliphatic carbocycles. The van der Waals surface area contributed by atoms with E-state index in [0.717, 1.165) is 25.1 Å². The molecule has 2 fully saturated rings. The quantitative estimate of drug-likeness (QED) is 0.663. The van der Waals surface area contributed by atoms with Gasteiger partial charge in [-0.2, -0.15) is 13.2 Å². The van der Waals surface area contributed by atoms with Crippen LogP contribution in [-0.2, 0) is 33.4 Å². The highest BCUT2D eigenvalue weighted by Gasteiger charge is 2.48. The van der Waals surface area contributed by atoms with Gasteiger partial charge in [0.15, 0.2) is 0 Å². The number of carbonyl (C=O) groups excluding carboxylic acids is 1. The van der Waals surface area contributed by atoms with Gasteiger partial charge in [0.2, 0.25) is 5.91 Å². The van der Waals surface area contributed by atoms with Crippen molar-refractivity contribution in [3.8, 4) is 0 Å². The number of carbonyl (C=O) groups is 1. The van der Waals surface area contributed by atoms with Gasteiger partial charge in [0.1, 0.15) is 0 Å². The number of halogens is 3. The molecule has 0 aromatic carbocycles. The number of nitrogens with one attached hydrogen (secondary N) is 1. The number of aromatic nitrogens is 1. The molecule has 33 heavy (non-hydrogen) atoms. The summed E-state index contributed by atoms with van der Waals surface area (Å²) in [7, 11) is 1.66. The minimum absolute atomic E-state index is 0.0452. The van der Waals surface area contributed by atoms with Gasteiger partial charge in [0.25, 0.3) is 0 Å². The molecule has 2 aliphatic heterocycles. The molecule has 1 aromatic heterocycles. The SMILES string of the molecule is COC1COCCC1NC1CCC(CCO)(C(=O)N2CCc3ncc(C(F)(F)F)cc3C2)C1. The highest BCUT2D eigenvalue weighted by Crippen LogP contribution is 2.44. The number of pyridine rings is 1. The molecule has 1 saturated heterocycles. The van der Waals surface area contributed by atoms with Crippen LogP contribution < -0.4 is 5.32 Å². The Morgan fingerprint density at radius 3 is 2.97 bits per heavy atom. The Bertz CT molecular complexity index is 853. The van der Waals surface area contributed by atoms with E-state index in [1.807, 2.05) is 0 Å². The third kappa shape index (κ3) is 5.18. The molecule has 7 nitrogen and oxygen atoms in total.